The predicted molar refractivity (Wildman–Crippen MR) is 125 cm³/mol. The van der Waals surface area contributed by atoms with Crippen LogP contribution in [0.25, 0.3) is 11.3 Å². The van der Waals surface area contributed by atoms with Crippen LogP contribution in [0.15, 0.2) is 78.4 Å². The number of carbonyl (C=O) groups excluding carboxylic acids is 1. The molecule has 0 aliphatic rings. The van der Waals surface area contributed by atoms with Gasteiger partial charge in [0.2, 0.25) is 0 Å². The minimum atomic E-state index is -0.178. The van der Waals surface area contributed by atoms with E-state index < -0.39 is 0 Å². The number of thiazole rings is 1. The van der Waals surface area contributed by atoms with Gasteiger partial charge in [-0.2, -0.15) is 0 Å². The maximum absolute atomic E-state index is 12.6. The van der Waals surface area contributed by atoms with Crippen molar-refractivity contribution >= 4 is 33.8 Å². The number of ether oxygens (including phenoxy) is 1. The summed E-state index contributed by atoms with van der Waals surface area (Å²) in [7, 11) is 0. The monoisotopic (exact) mass is 430 g/mol. The van der Waals surface area contributed by atoms with Gasteiger partial charge in [-0.3, -0.25) is 9.78 Å². The van der Waals surface area contributed by atoms with Crippen LogP contribution in [0.4, 0.5) is 16.5 Å². The molecule has 156 valence electrons. The van der Waals surface area contributed by atoms with Gasteiger partial charge in [0.05, 0.1) is 11.8 Å². The van der Waals surface area contributed by atoms with Crippen LogP contribution in [-0.4, -0.2) is 22.0 Å². The van der Waals surface area contributed by atoms with Gasteiger partial charge in [0, 0.05) is 40.3 Å². The van der Waals surface area contributed by atoms with Crippen molar-refractivity contribution in [1.82, 2.24) is 9.97 Å². The predicted octanol–water partition coefficient (Wildman–Crippen LogP) is 5.99. The molecule has 4 rings (SSSR count). The minimum absolute atomic E-state index is 0.0912. The molecule has 0 radical (unpaired) electrons. The van der Waals surface area contributed by atoms with Crippen LogP contribution in [-0.2, 0) is 0 Å². The smallest absolute Gasteiger partial charge is 0.255 e. The fourth-order valence-corrected chi connectivity index (χ4v) is 3.68. The molecule has 2 aromatic carbocycles. The second kappa shape index (κ2) is 9.40. The van der Waals surface area contributed by atoms with E-state index in [-0.39, 0.29) is 12.0 Å². The van der Waals surface area contributed by atoms with Gasteiger partial charge in [0.25, 0.3) is 5.91 Å². The highest BCUT2D eigenvalue weighted by Gasteiger charge is 2.09. The average molecular weight is 431 g/mol. The van der Waals surface area contributed by atoms with Crippen molar-refractivity contribution in [2.24, 2.45) is 0 Å². The molecule has 7 heteroatoms. The van der Waals surface area contributed by atoms with E-state index in [4.69, 9.17) is 4.74 Å². The maximum Gasteiger partial charge on any atom is 0.255 e. The number of hydrogen-bond donors (Lipinski definition) is 2. The topological polar surface area (TPSA) is 76.1 Å². The summed E-state index contributed by atoms with van der Waals surface area (Å²) < 4.78 is 5.62. The van der Waals surface area contributed by atoms with Gasteiger partial charge < -0.3 is 15.4 Å². The Morgan fingerprint density at radius 3 is 2.48 bits per heavy atom. The van der Waals surface area contributed by atoms with Crippen LogP contribution in [0.1, 0.15) is 24.2 Å². The Morgan fingerprint density at radius 1 is 1.00 bits per heavy atom. The summed E-state index contributed by atoms with van der Waals surface area (Å²) in [6, 6.07) is 18.5. The molecule has 6 nitrogen and oxygen atoms in total. The Bertz CT molecular complexity index is 1160. The molecule has 2 N–H and O–H groups in total. The number of carbonyl (C=O) groups is 1. The van der Waals surface area contributed by atoms with Crippen molar-refractivity contribution in [2.45, 2.75) is 20.0 Å². The molecular formula is C24H22N4O2S. The Labute approximate surface area is 185 Å². The lowest BCUT2D eigenvalue weighted by molar-refractivity contribution is 0.102. The van der Waals surface area contributed by atoms with Crippen molar-refractivity contribution in [3.8, 4) is 17.0 Å². The highest BCUT2D eigenvalue weighted by molar-refractivity contribution is 7.14. The first-order chi connectivity index (χ1) is 15.1. The minimum Gasteiger partial charge on any atom is -0.491 e. The lowest BCUT2D eigenvalue weighted by atomic mass is 10.2. The molecule has 0 aliphatic carbocycles. The van der Waals surface area contributed by atoms with Gasteiger partial charge in [-0.15, -0.1) is 11.3 Å². The van der Waals surface area contributed by atoms with Crippen molar-refractivity contribution in [3.63, 3.8) is 0 Å². The molecule has 2 heterocycles. The van der Waals surface area contributed by atoms with Crippen LogP contribution in [0, 0.1) is 0 Å². The molecule has 0 saturated carbocycles. The summed E-state index contributed by atoms with van der Waals surface area (Å²) in [4.78, 5) is 21.2. The average Bonchev–Trinajstić information content (AvgIpc) is 3.23. The van der Waals surface area contributed by atoms with Gasteiger partial charge in [-0.05, 0) is 68.4 Å². The fraction of sp³-hybridized carbons (Fsp3) is 0.125. The van der Waals surface area contributed by atoms with Crippen LogP contribution in [0.3, 0.4) is 0 Å². The van der Waals surface area contributed by atoms with Crippen LogP contribution in [0.5, 0.6) is 5.75 Å². The van der Waals surface area contributed by atoms with Gasteiger partial charge in [-0.25, -0.2) is 4.98 Å². The van der Waals surface area contributed by atoms with E-state index in [1.165, 1.54) is 11.3 Å². The SMILES string of the molecule is CC(C)Oc1ccc(C(=O)Nc2cccc(Nc3nc(-c4ccncc4)cs3)c2)cc1. The molecule has 4 aromatic rings. The van der Waals surface area contributed by atoms with Crippen molar-refractivity contribution in [2.75, 3.05) is 10.6 Å². The third kappa shape index (κ3) is 5.46. The van der Waals surface area contributed by atoms with Crippen molar-refractivity contribution in [1.29, 1.82) is 0 Å². The number of benzene rings is 2. The number of nitrogens with one attached hydrogen (secondary N) is 2. The molecule has 0 unspecified atom stereocenters. The van der Waals surface area contributed by atoms with E-state index in [9.17, 15) is 4.79 Å². The van der Waals surface area contributed by atoms with E-state index >= 15 is 0 Å². The molecule has 31 heavy (non-hydrogen) atoms. The van der Waals surface area contributed by atoms with E-state index in [2.05, 4.69) is 20.6 Å². The Hall–Kier alpha value is -3.71. The number of rotatable bonds is 7. The Morgan fingerprint density at radius 2 is 1.74 bits per heavy atom. The first kappa shape index (κ1) is 20.6. The fourth-order valence-electron chi connectivity index (χ4n) is 2.94. The third-order valence-electron chi connectivity index (χ3n) is 4.34. The summed E-state index contributed by atoms with van der Waals surface area (Å²) in [6.07, 6.45) is 3.59. The maximum atomic E-state index is 12.6. The number of pyridine rings is 1. The van der Waals surface area contributed by atoms with Crippen LogP contribution in [0.2, 0.25) is 0 Å². The Kier molecular flexibility index (Phi) is 6.24. The van der Waals surface area contributed by atoms with Crippen LogP contribution < -0.4 is 15.4 Å². The molecule has 0 saturated heterocycles. The molecule has 1 amide bonds. The summed E-state index contributed by atoms with van der Waals surface area (Å²) >= 11 is 1.52. The lowest BCUT2D eigenvalue weighted by Crippen LogP contribution is -2.12. The highest BCUT2D eigenvalue weighted by atomic mass is 32.1. The summed E-state index contributed by atoms with van der Waals surface area (Å²) in [5, 5.41) is 9.00. The van der Waals surface area contributed by atoms with Gasteiger partial charge in [0.15, 0.2) is 5.13 Å². The van der Waals surface area contributed by atoms with E-state index in [1.54, 1.807) is 36.7 Å². The molecule has 0 aliphatic heterocycles. The number of anilines is 3. The lowest BCUT2D eigenvalue weighted by Gasteiger charge is -2.11. The molecule has 0 atom stereocenters. The molecule has 0 bridgehead atoms. The zero-order valence-corrected chi connectivity index (χ0v) is 18.0. The summed E-state index contributed by atoms with van der Waals surface area (Å²) in [5.41, 5.74) is 4.02. The first-order valence-electron chi connectivity index (χ1n) is 9.88. The van der Waals surface area contributed by atoms with Crippen LogP contribution >= 0.6 is 11.3 Å². The molecule has 0 spiro atoms. The van der Waals surface area contributed by atoms with E-state index in [0.717, 1.165) is 27.8 Å². The summed E-state index contributed by atoms with van der Waals surface area (Å²) in [6.45, 7) is 3.93. The second-order valence-electron chi connectivity index (χ2n) is 7.12. The van der Waals surface area contributed by atoms with Gasteiger partial charge >= 0.3 is 0 Å². The van der Waals surface area contributed by atoms with Crippen molar-refractivity contribution in [3.05, 3.63) is 84.0 Å². The highest BCUT2D eigenvalue weighted by Crippen LogP contribution is 2.27. The largest absolute Gasteiger partial charge is 0.491 e. The number of hydrogen-bond acceptors (Lipinski definition) is 6. The second-order valence-corrected chi connectivity index (χ2v) is 7.98. The standard InChI is InChI=1S/C24H22N4O2S/c1-16(2)30-21-8-6-18(7-9-21)23(29)26-19-4-3-5-20(14-19)27-24-28-22(15-31-24)17-10-12-25-13-11-17/h3-16H,1-2H3,(H,26,29)(H,27,28). The van der Waals surface area contributed by atoms with Gasteiger partial charge in [0.1, 0.15) is 5.75 Å². The molecule has 0 fully saturated rings. The normalized spacial score (nSPS) is 10.7. The summed E-state index contributed by atoms with van der Waals surface area (Å²) in [5.74, 6) is 0.565. The van der Waals surface area contributed by atoms with E-state index in [0.29, 0.717) is 11.3 Å². The first-order valence-corrected chi connectivity index (χ1v) is 10.8. The van der Waals surface area contributed by atoms with Gasteiger partial charge in [-0.1, -0.05) is 6.07 Å². The third-order valence-corrected chi connectivity index (χ3v) is 5.10. The zero-order chi connectivity index (χ0) is 21.6. The number of nitrogens with zero attached hydrogens (tertiary/aromatic N) is 2. The molecule has 2 aromatic heterocycles. The number of amides is 1. The Balaban J connectivity index is 1.41. The quantitative estimate of drug-likeness (QED) is 0.377. The molecular weight excluding hydrogens is 408 g/mol. The number of aromatic nitrogens is 2. The van der Waals surface area contributed by atoms with E-state index in [1.807, 2.05) is 55.6 Å². The van der Waals surface area contributed by atoms with Crippen molar-refractivity contribution < 1.29 is 9.53 Å². The zero-order valence-electron chi connectivity index (χ0n) is 17.2.